The summed E-state index contributed by atoms with van der Waals surface area (Å²) in [5.74, 6) is 1.55. The maximum absolute atomic E-state index is 12.2. The highest BCUT2D eigenvalue weighted by molar-refractivity contribution is 7.98. The maximum Gasteiger partial charge on any atom is 0.256 e. The molecule has 0 bridgehead atoms. The Balaban J connectivity index is 1.65. The summed E-state index contributed by atoms with van der Waals surface area (Å²) >= 11 is 1.57. The maximum atomic E-state index is 12.2. The van der Waals surface area contributed by atoms with Crippen LogP contribution in [-0.4, -0.2) is 21.0 Å². The van der Waals surface area contributed by atoms with Gasteiger partial charge in [0, 0.05) is 29.8 Å². The molecule has 1 amide bonds. The summed E-state index contributed by atoms with van der Waals surface area (Å²) < 4.78 is 4.93. The lowest BCUT2D eigenvalue weighted by Gasteiger charge is -2.05. The highest BCUT2D eigenvalue weighted by Crippen LogP contribution is 2.20. The van der Waals surface area contributed by atoms with Crippen molar-refractivity contribution in [2.45, 2.75) is 17.7 Å². The number of hydrogen-bond donors (Lipinski definition) is 1. The first-order chi connectivity index (χ1) is 11.2. The predicted octanol–water partition coefficient (Wildman–Crippen LogP) is 3.32. The molecule has 6 nitrogen and oxygen atoms in total. The van der Waals surface area contributed by atoms with Crippen LogP contribution < -0.4 is 5.32 Å². The Morgan fingerprint density at radius 1 is 1.30 bits per heavy atom. The number of rotatable bonds is 5. The van der Waals surface area contributed by atoms with Gasteiger partial charge in [0.1, 0.15) is 10.8 Å². The molecule has 116 valence electrons. The van der Waals surface area contributed by atoms with Crippen molar-refractivity contribution >= 4 is 23.5 Å². The van der Waals surface area contributed by atoms with Crippen LogP contribution in [0.3, 0.4) is 0 Å². The second kappa shape index (κ2) is 7.06. The fourth-order valence-electron chi connectivity index (χ4n) is 1.93. The molecule has 2 aromatic heterocycles. The molecule has 0 aliphatic carbocycles. The molecule has 23 heavy (non-hydrogen) atoms. The van der Waals surface area contributed by atoms with Crippen molar-refractivity contribution in [3.63, 3.8) is 0 Å². The lowest BCUT2D eigenvalue weighted by Crippen LogP contribution is -2.12. The van der Waals surface area contributed by atoms with E-state index in [2.05, 4.69) is 20.4 Å². The van der Waals surface area contributed by atoms with Gasteiger partial charge < -0.3 is 9.84 Å². The Morgan fingerprint density at radius 3 is 2.96 bits per heavy atom. The fraction of sp³-hybridized carbons (Fsp3) is 0.125. The first-order valence-corrected chi connectivity index (χ1v) is 7.92. The van der Waals surface area contributed by atoms with Crippen LogP contribution in [0.1, 0.15) is 21.7 Å². The van der Waals surface area contributed by atoms with Crippen LogP contribution in [0.4, 0.5) is 5.82 Å². The molecule has 1 N–H and O–H groups in total. The third kappa shape index (κ3) is 4.17. The molecule has 0 fully saturated rings. The normalized spacial score (nSPS) is 10.5. The van der Waals surface area contributed by atoms with Gasteiger partial charge in [0.2, 0.25) is 0 Å². The Kier molecular flexibility index (Phi) is 4.68. The first kappa shape index (κ1) is 15.2. The van der Waals surface area contributed by atoms with E-state index >= 15 is 0 Å². The van der Waals surface area contributed by atoms with E-state index in [9.17, 15) is 4.79 Å². The molecule has 2 heterocycles. The van der Waals surface area contributed by atoms with Crippen molar-refractivity contribution < 1.29 is 9.32 Å². The molecule has 0 aliphatic heterocycles. The topological polar surface area (TPSA) is 80.9 Å². The van der Waals surface area contributed by atoms with E-state index in [1.165, 1.54) is 0 Å². The van der Waals surface area contributed by atoms with Crippen LogP contribution in [0.5, 0.6) is 0 Å². The predicted molar refractivity (Wildman–Crippen MR) is 87.2 cm³/mol. The van der Waals surface area contributed by atoms with Gasteiger partial charge in [0.15, 0.2) is 5.82 Å². The minimum atomic E-state index is -0.218. The zero-order valence-corrected chi connectivity index (χ0v) is 13.2. The molecule has 7 heteroatoms. The van der Waals surface area contributed by atoms with Crippen LogP contribution in [0, 0.1) is 6.92 Å². The highest BCUT2D eigenvalue weighted by atomic mass is 32.2. The number of nitrogens with zero attached hydrogens (tertiary/aromatic N) is 3. The Hall–Kier alpha value is -2.67. The molecule has 1 aromatic carbocycles. The molecule has 3 aromatic rings. The van der Waals surface area contributed by atoms with Crippen LogP contribution in [-0.2, 0) is 5.75 Å². The van der Waals surface area contributed by atoms with E-state index in [1.54, 1.807) is 49.4 Å². The molecule has 3 rings (SSSR count). The summed E-state index contributed by atoms with van der Waals surface area (Å²) in [6.07, 6.45) is 5.01. The molecule has 0 atom stereocenters. The second-order valence-electron chi connectivity index (χ2n) is 4.81. The van der Waals surface area contributed by atoms with Gasteiger partial charge in [-0.05, 0) is 24.6 Å². The SMILES string of the molecule is Cc1cc(NC(=O)c2cccc(CSc3cnccn3)c2)no1. The smallest absolute Gasteiger partial charge is 0.256 e. The summed E-state index contributed by atoms with van der Waals surface area (Å²) in [6.45, 7) is 1.77. The number of nitrogens with one attached hydrogen (secondary N) is 1. The number of thioether (sulfide) groups is 1. The van der Waals surface area contributed by atoms with Gasteiger partial charge in [-0.1, -0.05) is 17.3 Å². The van der Waals surface area contributed by atoms with E-state index in [4.69, 9.17) is 4.52 Å². The van der Waals surface area contributed by atoms with E-state index in [0.717, 1.165) is 10.6 Å². The number of aromatic nitrogens is 3. The zero-order chi connectivity index (χ0) is 16.1. The molecule has 0 spiro atoms. The molecule has 0 unspecified atom stereocenters. The van der Waals surface area contributed by atoms with E-state index in [-0.39, 0.29) is 5.91 Å². The molecule has 0 saturated heterocycles. The van der Waals surface area contributed by atoms with Gasteiger partial charge in [-0.15, -0.1) is 11.8 Å². The minimum Gasteiger partial charge on any atom is -0.360 e. The fourth-order valence-corrected chi connectivity index (χ4v) is 2.70. The first-order valence-electron chi connectivity index (χ1n) is 6.93. The van der Waals surface area contributed by atoms with Gasteiger partial charge in [-0.3, -0.25) is 9.78 Å². The molecule has 0 saturated carbocycles. The van der Waals surface area contributed by atoms with Gasteiger partial charge in [0.25, 0.3) is 5.91 Å². The minimum absolute atomic E-state index is 0.218. The lowest BCUT2D eigenvalue weighted by atomic mass is 10.1. The van der Waals surface area contributed by atoms with Crippen LogP contribution in [0.2, 0.25) is 0 Å². The summed E-state index contributed by atoms with van der Waals surface area (Å²) in [7, 11) is 0. The van der Waals surface area contributed by atoms with Gasteiger partial charge in [-0.25, -0.2) is 4.98 Å². The number of hydrogen-bond acceptors (Lipinski definition) is 6. The number of amides is 1. The average molecular weight is 326 g/mol. The molecule has 0 radical (unpaired) electrons. The quantitative estimate of drug-likeness (QED) is 0.724. The average Bonchev–Trinajstić information content (AvgIpc) is 2.99. The standard InChI is InChI=1S/C16H14N4O2S/c1-11-7-14(20-22-11)19-16(21)13-4-2-3-12(8-13)10-23-15-9-17-5-6-18-15/h2-9H,10H2,1H3,(H,19,20,21). The molecular formula is C16H14N4O2S. The Bertz CT molecular complexity index is 805. The van der Waals surface area contributed by atoms with Crippen molar-refractivity contribution in [2.24, 2.45) is 0 Å². The van der Waals surface area contributed by atoms with Crippen LogP contribution >= 0.6 is 11.8 Å². The number of anilines is 1. The summed E-state index contributed by atoms with van der Waals surface area (Å²) in [6, 6.07) is 9.12. The number of carbonyl (C=O) groups is 1. The van der Waals surface area contributed by atoms with Gasteiger partial charge >= 0.3 is 0 Å². The second-order valence-corrected chi connectivity index (χ2v) is 5.81. The van der Waals surface area contributed by atoms with Gasteiger partial charge in [-0.2, -0.15) is 0 Å². The number of carbonyl (C=O) groups excluding carboxylic acids is 1. The Morgan fingerprint density at radius 2 is 2.22 bits per heavy atom. The Labute approximate surface area is 137 Å². The van der Waals surface area contributed by atoms with Crippen molar-refractivity contribution in [3.05, 3.63) is 65.8 Å². The largest absolute Gasteiger partial charge is 0.360 e. The van der Waals surface area contributed by atoms with E-state index in [1.807, 2.05) is 18.2 Å². The zero-order valence-electron chi connectivity index (χ0n) is 12.4. The van der Waals surface area contributed by atoms with Gasteiger partial charge in [0.05, 0.1) is 6.20 Å². The van der Waals surface area contributed by atoms with E-state index < -0.39 is 0 Å². The van der Waals surface area contributed by atoms with Crippen molar-refractivity contribution in [1.82, 2.24) is 15.1 Å². The highest BCUT2D eigenvalue weighted by Gasteiger charge is 2.09. The summed E-state index contributed by atoms with van der Waals surface area (Å²) in [5, 5.41) is 7.31. The van der Waals surface area contributed by atoms with E-state index in [0.29, 0.717) is 22.9 Å². The summed E-state index contributed by atoms with van der Waals surface area (Å²) in [4.78, 5) is 20.5. The molecule has 0 aliphatic rings. The summed E-state index contributed by atoms with van der Waals surface area (Å²) in [5.41, 5.74) is 1.60. The van der Waals surface area contributed by atoms with Crippen LogP contribution in [0.15, 0.2) is 58.5 Å². The molecular weight excluding hydrogens is 312 g/mol. The number of aryl methyl sites for hydroxylation is 1. The van der Waals surface area contributed by atoms with Crippen molar-refractivity contribution in [2.75, 3.05) is 5.32 Å². The third-order valence-corrected chi connectivity index (χ3v) is 3.97. The van der Waals surface area contributed by atoms with Crippen molar-refractivity contribution in [1.29, 1.82) is 0 Å². The third-order valence-electron chi connectivity index (χ3n) is 2.98. The van der Waals surface area contributed by atoms with Crippen molar-refractivity contribution in [3.8, 4) is 0 Å². The lowest BCUT2D eigenvalue weighted by molar-refractivity contribution is 0.102. The number of benzene rings is 1. The van der Waals surface area contributed by atoms with Crippen LogP contribution in [0.25, 0.3) is 0 Å². The monoisotopic (exact) mass is 326 g/mol.